The summed E-state index contributed by atoms with van der Waals surface area (Å²) in [5.74, 6) is -2.17. The Bertz CT molecular complexity index is 1190. The topological polar surface area (TPSA) is 54.0 Å². The van der Waals surface area contributed by atoms with E-state index in [2.05, 4.69) is 15.6 Å². The fourth-order valence-corrected chi connectivity index (χ4v) is 3.52. The summed E-state index contributed by atoms with van der Waals surface area (Å²) in [4.78, 5) is 16.2. The van der Waals surface area contributed by atoms with E-state index in [0.29, 0.717) is 12.0 Å². The number of carbonyl (C=O) groups excluding carboxylic acids is 1. The number of rotatable bonds is 8. The summed E-state index contributed by atoms with van der Waals surface area (Å²) in [7, 11) is 1.39. The highest BCUT2D eigenvalue weighted by Crippen LogP contribution is 2.29. The van der Waals surface area contributed by atoms with Crippen LogP contribution in [0.25, 0.3) is 6.08 Å². The van der Waals surface area contributed by atoms with Crippen LogP contribution in [0.4, 0.5) is 27.6 Å². The summed E-state index contributed by atoms with van der Waals surface area (Å²) < 4.78 is 67.6. The lowest BCUT2D eigenvalue weighted by Crippen LogP contribution is -2.25. The molecule has 35 heavy (non-hydrogen) atoms. The van der Waals surface area contributed by atoms with Crippen molar-refractivity contribution in [2.75, 3.05) is 12.4 Å². The van der Waals surface area contributed by atoms with Crippen LogP contribution in [-0.4, -0.2) is 17.9 Å². The number of hydrogen-bond acceptors (Lipinski definition) is 3. The van der Waals surface area contributed by atoms with Gasteiger partial charge in [-0.25, -0.2) is 13.8 Å². The first-order chi connectivity index (χ1) is 16.6. The van der Waals surface area contributed by atoms with Gasteiger partial charge in [0.25, 0.3) is 0 Å². The van der Waals surface area contributed by atoms with Gasteiger partial charge in [-0.2, -0.15) is 13.2 Å². The molecule has 1 aromatic heterocycles. The van der Waals surface area contributed by atoms with Crippen molar-refractivity contribution in [2.45, 2.75) is 32.0 Å². The lowest BCUT2D eigenvalue weighted by Gasteiger charge is -2.15. The van der Waals surface area contributed by atoms with E-state index in [9.17, 15) is 26.7 Å². The molecule has 1 atom stereocenters. The largest absolute Gasteiger partial charge is 0.433 e. The molecule has 0 fully saturated rings. The van der Waals surface area contributed by atoms with Crippen LogP contribution < -0.4 is 10.6 Å². The molecule has 2 aromatic carbocycles. The predicted octanol–water partition coefficient (Wildman–Crippen LogP) is 6.10. The summed E-state index contributed by atoms with van der Waals surface area (Å²) in [5, 5.41) is 5.01. The first kappa shape index (κ1) is 25.9. The normalized spacial score (nSPS) is 12.5. The van der Waals surface area contributed by atoms with Gasteiger partial charge >= 0.3 is 6.18 Å². The molecule has 1 unspecified atom stereocenters. The minimum Gasteiger partial charge on any atom is -0.383 e. The van der Waals surface area contributed by atoms with Gasteiger partial charge in [-0.15, -0.1) is 0 Å². The first-order valence-electron chi connectivity index (χ1n) is 10.8. The van der Waals surface area contributed by atoms with E-state index in [1.54, 1.807) is 6.92 Å². The van der Waals surface area contributed by atoms with Gasteiger partial charge in [0.2, 0.25) is 5.91 Å². The molecule has 0 aliphatic rings. The van der Waals surface area contributed by atoms with Gasteiger partial charge in [-0.1, -0.05) is 36.4 Å². The quantitative estimate of drug-likeness (QED) is 0.297. The molecule has 9 heteroatoms. The number of aromatic nitrogens is 1. The molecule has 2 N–H and O–H groups in total. The monoisotopic (exact) mass is 489 g/mol. The number of halogens is 5. The average Bonchev–Trinajstić information content (AvgIpc) is 2.81. The molecule has 0 saturated heterocycles. The van der Waals surface area contributed by atoms with E-state index in [0.717, 1.165) is 29.8 Å². The van der Waals surface area contributed by atoms with E-state index in [4.69, 9.17) is 0 Å². The standard InChI is InChI=1S/C26H24F5N3O/c1-16(19-14-20(27)25(32-2)21(28)15-19)33-24(35)13-10-18-9-12-23(26(29,30)31)34-22(18)11-8-17-6-4-3-5-7-17/h3-7,9-10,12-16,32H,8,11H2,1-2H3,(H,33,35)/b13-10+. The lowest BCUT2D eigenvalue weighted by atomic mass is 10.0. The summed E-state index contributed by atoms with van der Waals surface area (Å²) in [6, 6.07) is 12.9. The molecule has 0 aliphatic carbocycles. The summed E-state index contributed by atoms with van der Waals surface area (Å²) in [5.41, 5.74) is 0.451. The number of benzene rings is 2. The van der Waals surface area contributed by atoms with Crippen LogP contribution in [0.3, 0.4) is 0 Å². The number of anilines is 1. The first-order valence-corrected chi connectivity index (χ1v) is 10.8. The van der Waals surface area contributed by atoms with E-state index in [-0.39, 0.29) is 23.4 Å². The number of nitrogens with one attached hydrogen (secondary N) is 2. The van der Waals surface area contributed by atoms with Gasteiger partial charge in [0.05, 0.1) is 6.04 Å². The molecule has 0 bridgehead atoms. The Morgan fingerprint density at radius 3 is 2.29 bits per heavy atom. The van der Waals surface area contributed by atoms with Crippen molar-refractivity contribution in [3.05, 3.63) is 100 Å². The Morgan fingerprint density at radius 2 is 1.69 bits per heavy atom. The van der Waals surface area contributed by atoms with Crippen molar-refractivity contribution >= 4 is 17.7 Å². The predicted molar refractivity (Wildman–Crippen MR) is 125 cm³/mol. The molecule has 3 aromatic rings. The maximum absolute atomic E-state index is 14.0. The third-order valence-corrected chi connectivity index (χ3v) is 5.38. The van der Waals surface area contributed by atoms with Crippen molar-refractivity contribution in [1.29, 1.82) is 0 Å². The van der Waals surface area contributed by atoms with Gasteiger partial charge in [0.1, 0.15) is 23.0 Å². The van der Waals surface area contributed by atoms with Crippen LogP contribution in [-0.2, 0) is 23.8 Å². The number of aryl methyl sites for hydroxylation is 2. The Balaban J connectivity index is 1.76. The van der Waals surface area contributed by atoms with Crippen molar-refractivity contribution in [2.24, 2.45) is 0 Å². The van der Waals surface area contributed by atoms with Crippen molar-refractivity contribution in [1.82, 2.24) is 10.3 Å². The molecule has 3 rings (SSSR count). The molecule has 1 heterocycles. The number of pyridine rings is 1. The second kappa shape index (κ2) is 11.1. The molecule has 0 spiro atoms. The zero-order chi connectivity index (χ0) is 25.6. The van der Waals surface area contributed by atoms with Gasteiger partial charge in [-0.05, 0) is 60.7 Å². The maximum atomic E-state index is 14.0. The Labute approximate surface area is 199 Å². The highest BCUT2D eigenvalue weighted by molar-refractivity contribution is 5.92. The summed E-state index contributed by atoms with van der Waals surface area (Å²) in [6.07, 6.45) is -1.35. The highest BCUT2D eigenvalue weighted by Gasteiger charge is 2.32. The molecule has 184 valence electrons. The Morgan fingerprint density at radius 1 is 1.03 bits per heavy atom. The fraction of sp³-hybridized carbons (Fsp3) is 0.231. The zero-order valence-corrected chi connectivity index (χ0v) is 19.1. The second-order valence-corrected chi connectivity index (χ2v) is 7.89. The van der Waals surface area contributed by atoms with Crippen molar-refractivity contribution < 1.29 is 26.7 Å². The van der Waals surface area contributed by atoms with Gasteiger partial charge in [0, 0.05) is 18.8 Å². The van der Waals surface area contributed by atoms with Gasteiger partial charge < -0.3 is 10.6 Å². The fourth-order valence-electron chi connectivity index (χ4n) is 3.52. The maximum Gasteiger partial charge on any atom is 0.433 e. The van der Waals surface area contributed by atoms with E-state index >= 15 is 0 Å². The van der Waals surface area contributed by atoms with Crippen LogP contribution in [0.1, 0.15) is 41.0 Å². The van der Waals surface area contributed by atoms with Gasteiger partial charge in [-0.3, -0.25) is 4.79 Å². The van der Waals surface area contributed by atoms with Crippen LogP contribution in [0.5, 0.6) is 0 Å². The number of alkyl halides is 3. The zero-order valence-electron chi connectivity index (χ0n) is 19.1. The van der Waals surface area contributed by atoms with E-state index in [1.165, 1.54) is 19.2 Å². The van der Waals surface area contributed by atoms with Crippen LogP contribution >= 0.6 is 0 Å². The SMILES string of the molecule is CNc1c(F)cc(C(C)NC(=O)/C=C/c2ccc(C(F)(F)F)nc2CCc2ccccc2)cc1F. The molecule has 4 nitrogen and oxygen atoms in total. The van der Waals surface area contributed by atoms with Gasteiger partial charge in [0.15, 0.2) is 0 Å². The van der Waals surface area contributed by atoms with Crippen molar-refractivity contribution in [3.8, 4) is 0 Å². The Kier molecular flexibility index (Phi) is 8.22. The third kappa shape index (κ3) is 6.88. The average molecular weight is 489 g/mol. The van der Waals surface area contributed by atoms with Crippen LogP contribution in [0, 0.1) is 11.6 Å². The molecular weight excluding hydrogens is 465 g/mol. The minimum absolute atomic E-state index is 0.201. The lowest BCUT2D eigenvalue weighted by molar-refractivity contribution is -0.141. The molecule has 0 radical (unpaired) electrons. The summed E-state index contributed by atoms with van der Waals surface area (Å²) in [6.45, 7) is 1.56. The minimum atomic E-state index is -4.59. The number of nitrogens with zero attached hydrogens (tertiary/aromatic N) is 1. The van der Waals surface area contributed by atoms with E-state index in [1.807, 2.05) is 30.3 Å². The molecule has 0 aliphatic heterocycles. The van der Waals surface area contributed by atoms with Crippen LogP contribution in [0.15, 0.2) is 60.7 Å². The Hall–Kier alpha value is -3.75. The summed E-state index contributed by atoms with van der Waals surface area (Å²) >= 11 is 0. The molecule has 0 saturated carbocycles. The highest BCUT2D eigenvalue weighted by atomic mass is 19.4. The van der Waals surface area contributed by atoms with E-state index < -0.39 is 35.5 Å². The number of carbonyl (C=O) groups is 1. The number of hydrogen-bond donors (Lipinski definition) is 2. The third-order valence-electron chi connectivity index (χ3n) is 5.38. The van der Waals surface area contributed by atoms with Crippen molar-refractivity contribution in [3.63, 3.8) is 0 Å². The molecule has 1 amide bonds. The smallest absolute Gasteiger partial charge is 0.383 e. The number of amides is 1. The van der Waals surface area contributed by atoms with Crippen LogP contribution in [0.2, 0.25) is 0 Å². The second-order valence-electron chi connectivity index (χ2n) is 7.89. The molecular formula is C26H24F5N3O.